The van der Waals surface area contributed by atoms with E-state index in [0.717, 1.165) is 5.56 Å². The first kappa shape index (κ1) is 24.4. The molecule has 1 aliphatic rings. The van der Waals surface area contributed by atoms with Crippen molar-refractivity contribution >= 4 is 75.1 Å². The van der Waals surface area contributed by atoms with Crippen molar-refractivity contribution in [2.24, 2.45) is 0 Å². The Morgan fingerprint density at radius 2 is 1.91 bits per heavy atom. The highest BCUT2D eigenvalue weighted by atomic mass is 35.5. The largest absolute Gasteiger partial charge is 0.490 e. The minimum atomic E-state index is -0.363. The smallest absolute Gasteiger partial charge is 0.266 e. The van der Waals surface area contributed by atoms with Crippen molar-refractivity contribution < 1.29 is 19.1 Å². The molecule has 0 unspecified atom stereocenters. The predicted octanol–water partition coefficient (Wildman–Crippen LogP) is 5.63. The number of thioether (sulfide) groups is 1. The number of hydrogen-bond acceptors (Lipinski definition) is 6. The third-order valence-corrected chi connectivity index (χ3v) is 6.43. The van der Waals surface area contributed by atoms with E-state index in [0.29, 0.717) is 49.6 Å². The molecule has 2 aromatic carbocycles. The van der Waals surface area contributed by atoms with Gasteiger partial charge in [-0.15, -0.1) is 0 Å². The van der Waals surface area contributed by atoms with Gasteiger partial charge in [-0.3, -0.25) is 14.5 Å². The summed E-state index contributed by atoms with van der Waals surface area (Å²) in [7, 11) is 0. The SMILES string of the molecule is CCOc1cc(/C=C2\SC(=S)N(CC)C2=O)ccc1OCC(=O)Nc1ccc(Cl)c(Cl)c1. The fraction of sp³-hybridized carbons (Fsp3) is 0.227. The maximum Gasteiger partial charge on any atom is 0.266 e. The van der Waals surface area contributed by atoms with E-state index in [1.165, 1.54) is 11.8 Å². The molecule has 1 N–H and O–H groups in total. The number of anilines is 1. The number of likely N-dealkylation sites (N-methyl/N-ethyl adjacent to an activating group) is 1. The molecule has 32 heavy (non-hydrogen) atoms. The Morgan fingerprint density at radius 3 is 2.56 bits per heavy atom. The first-order valence-electron chi connectivity index (χ1n) is 9.72. The molecule has 0 radical (unpaired) electrons. The van der Waals surface area contributed by atoms with Crippen LogP contribution in [-0.2, 0) is 9.59 Å². The maximum absolute atomic E-state index is 12.4. The first-order chi connectivity index (χ1) is 15.3. The number of nitrogens with one attached hydrogen (secondary N) is 1. The van der Waals surface area contributed by atoms with E-state index in [-0.39, 0.29) is 18.4 Å². The fourth-order valence-electron chi connectivity index (χ4n) is 2.84. The Kier molecular flexibility index (Phi) is 8.42. The summed E-state index contributed by atoms with van der Waals surface area (Å²) in [5.74, 6) is 0.405. The quantitative estimate of drug-likeness (QED) is 0.366. The number of benzene rings is 2. The highest BCUT2D eigenvalue weighted by Crippen LogP contribution is 2.34. The maximum atomic E-state index is 12.4. The van der Waals surface area contributed by atoms with Crippen molar-refractivity contribution in [2.45, 2.75) is 13.8 Å². The van der Waals surface area contributed by atoms with Gasteiger partial charge in [0.1, 0.15) is 4.32 Å². The number of rotatable bonds is 8. The summed E-state index contributed by atoms with van der Waals surface area (Å²) in [4.78, 5) is 26.8. The van der Waals surface area contributed by atoms with Gasteiger partial charge in [-0.25, -0.2) is 0 Å². The summed E-state index contributed by atoms with van der Waals surface area (Å²) in [5.41, 5.74) is 1.27. The second-order valence-electron chi connectivity index (χ2n) is 6.53. The van der Waals surface area contributed by atoms with E-state index in [4.69, 9.17) is 44.9 Å². The highest BCUT2D eigenvalue weighted by molar-refractivity contribution is 8.26. The van der Waals surface area contributed by atoms with Gasteiger partial charge in [0.05, 0.1) is 21.6 Å². The molecular formula is C22H20Cl2N2O4S2. The van der Waals surface area contributed by atoms with Gasteiger partial charge >= 0.3 is 0 Å². The van der Waals surface area contributed by atoms with Crippen LogP contribution in [0, 0.1) is 0 Å². The van der Waals surface area contributed by atoms with E-state index in [1.54, 1.807) is 47.4 Å². The third kappa shape index (κ3) is 5.95. The summed E-state index contributed by atoms with van der Waals surface area (Å²) in [6, 6.07) is 10.0. The number of amides is 2. The molecule has 0 aliphatic carbocycles. The summed E-state index contributed by atoms with van der Waals surface area (Å²) in [6.07, 6.45) is 1.76. The van der Waals surface area contributed by atoms with Gasteiger partial charge in [-0.2, -0.15) is 0 Å². The molecule has 10 heteroatoms. The van der Waals surface area contributed by atoms with Crippen molar-refractivity contribution in [1.82, 2.24) is 4.90 Å². The number of carbonyl (C=O) groups is 2. The Labute approximate surface area is 205 Å². The van der Waals surface area contributed by atoms with Crippen LogP contribution < -0.4 is 14.8 Å². The minimum absolute atomic E-state index is 0.111. The van der Waals surface area contributed by atoms with E-state index >= 15 is 0 Å². The highest BCUT2D eigenvalue weighted by Gasteiger charge is 2.30. The predicted molar refractivity (Wildman–Crippen MR) is 134 cm³/mol. The first-order valence-corrected chi connectivity index (χ1v) is 11.7. The molecule has 3 rings (SSSR count). The van der Waals surface area contributed by atoms with Gasteiger partial charge in [-0.1, -0.05) is 53.2 Å². The van der Waals surface area contributed by atoms with Gasteiger partial charge in [0.25, 0.3) is 11.8 Å². The summed E-state index contributed by atoms with van der Waals surface area (Å²) < 4.78 is 11.9. The molecule has 2 amide bonds. The van der Waals surface area contributed by atoms with Crippen LogP contribution in [0.5, 0.6) is 11.5 Å². The van der Waals surface area contributed by atoms with Crippen LogP contribution in [0.15, 0.2) is 41.3 Å². The number of hydrogen-bond donors (Lipinski definition) is 1. The number of ether oxygens (including phenoxy) is 2. The molecule has 0 aromatic heterocycles. The number of carbonyl (C=O) groups excluding carboxylic acids is 2. The van der Waals surface area contributed by atoms with Gasteiger partial charge in [0, 0.05) is 12.2 Å². The Bertz CT molecular complexity index is 1090. The van der Waals surface area contributed by atoms with Crippen LogP contribution in [0.3, 0.4) is 0 Å². The fourth-order valence-corrected chi connectivity index (χ4v) is 4.52. The lowest BCUT2D eigenvalue weighted by molar-refractivity contribution is -0.122. The lowest BCUT2D eigenvalue weighted by Gasteiger charge is -2.13. The van der Waals surface area contributed by atoms with Gasteiger partial charge < -0.3 is 14.8 Å². The number of nitrogens with zero attached hydrogens (tertiary/aromatic N) is 1. The van der Waals surface area contributed by atoms with E-state index in [1.807, 2.05) is 13.8 Å². The van der Waals surface area contributed by atoms with Crippen LogP contribution in [-0.4, -0.2) is 40.8 Å². The summed E-state index contributed by atoms with van der Waals surface area (Å²) in [5, 5.41) is 3.44. The molecule has 0 spiro atoms. The zero-order valence-electron chi connectivity index (χ0n) is 17.3. The second-order valence-corrected chi connectivity index (χ2v) is 9.02. The summed E-state index contributed by atoms with van der Waals surface area (Å²) >= 11 is 18.4. The Hall–Kier alpha value is -2.26. The van der Waals surface area contributed by atoms with Crippen molar-refractivity contribution in [3.05, 3.63) is 56.9 Å². The molecule has 0 saturated carbocycles. The molecule has 1 fully saturated rings. The van der Waals surface area contributed by atoms with Crippen LogP contribution >= 0.6 is 47.2 Å². The van der Waals surface area contributed by atoms with Crippen LogP contribution in [0.4, 0.5) is 5.69 Å². The van der Waals surface area contributed by atoms with Gasteiger partial charge in [0.2, 0.25) is 0 Å². The molecule has 1 aliphatic heterocycles. The van der Waals surface area contributed by atoms with Crippen molar-refractivity contribution in [1.29, 1.82) is 0 Å². The minimum Gasteiger partial charge on any atom is -0.490 e. The average molecular weight is 511 g/mol. The molecule has 0 atom stereocenters. The summed E-state index contributed by atoms with van der Waals surface area (Å²) in [6.45, 7) is 4.44. The number of thiocarbonyl (C=S) groups is 1. The number of halogens is 2. The molecule has 0 bridgehead atoms. The second kappa shape index (κ2) is 11.0. The standard InChI is InChI=1S/C22H20Cl2N2O4S2/c1-3-26-21(28)19(32-22(26)31)10-13-5-8-17(18(9-13)29-4-2)30-12-20(27)25-14-6-7-15(23)16(24)11-14/h5-11H,3-4,12H2,1-2H3,(H,25,27)/b19-10-. The van der Waals surface area contributed by atoms with Crippen molar-refractivity contribution in [3.63, 3.8) is 0 Å². The monoisotopic (exact) mass is 510 g/mol. The molecule has 6 nitrogen and oxygen atoms in total. The van der Waals surface area contributed by atoms with Crippen molar-refractivity contribution in [3.8, 4) is 11.5 Å². The van der Waals surface area contributed by atoms with E-state index < -0.39 is 0 Å². The Morgan fingerprint density at radius 1 is 1.12 bits per heavy atom. The lowest BCUT2D eigenvalue weighted by atomic mass is 10.2. The van der Waals surface area contributed by atoms with E-state index in [9.17, 15) is 9.59 Å². The van der Waals surface area contributed by atoms with Crippen LogP contribution in [0.2, 0.25) is 10.0 Å². The van der Waals surface area contributed by atoms with Crippen LogP contribution in [0.1, 0.15) is 19.4 Å². The molecule has 1 heterocycles. The van der Waals surface area contributed by atoms with E-state index in [2.05, 4.69) is 5.32 Å². The zero-order valence-corrected chi connectivity index (χ0v) is 20.5. The van der Waals surface area contributed by atoms with Crippen molar-refractivity contribution in [2.75, 3.05) is 25.1 Å². The van der Waals surface area contributed by atoms with Crippen LogP contribution in [0.25, 0.3) is 6.08 Å². The van der Waals surface area contributed by atoms with Gasteiger partial charge in [0.15, 0.2) is 18.1 Å². The zero-order chi connectivity index (χ0) is 23.3. The molecular weight excluding hydrogens is 491 g/mol. The lowest BCUT2D eigenvalue weighted by Crippen LogP contribution is -2.27. The molecule has 168 valence electrons. The van der Waals surface area contributed by atoms with Gasteiger partial charge in [-0.05, 0) is 55.8 Å². The topological polar surface area (TPSA) is 67.9 Å². The Balaban J connectivity index is 1.70. The molecule has 1 saturated heterocycles. The average Bonchev–Trinajstić information content (AvgIpc) is 3.02. The normalized spacial score (nSPS) is 14.8. The molecule has 2 aromatic rings. The third-order valence-electron chi connectivity index (χ3n) is 4.32.